The van der Waals surface area contributed by atoms with E-state index in [1.807, 2.05) is 0 Å². The van der Waals surface area contributed by atoms with Crippen molar-refractivity contribution in [2.45, 2.75) is 5.51 Å². The summed E-state index contributed by atoms with van der Waals surface area (Å²) in [6.45, 7) is 0. The number of hydrogen-bond donors (Lipinski definition) is 2. The molecule has 2 N–H and O–H groups in total. The lowest BCUT2D eigenvalue weighted by Crippen LogP contribution is -2.29. The Morgan fingerprint density at radius 3 is 2.65 bits per heavy atom. The Balaban J connectivity index is 2.47. The SMILES string of the molecule is O=S(=O)(Nc1cccc2[nH]cnc12)C(F)(F)F. The van der Waals surface area contributed by atoms with Gasteiger partial charge >= 0.3 is 15.5 Å². The zero-order valence-corrected chi connectivity index (χ0v) is 8.93. The maximum absolute atomic E-state index is 12.2. The van der Waals surface area contributed by atoms with Crippen LogP contribution < -0.4 is 4.72 Å². The van der Waals surface area contributed by atoms with Gasteiger partial charge in [-0.05, 0) is 12.1 Å². The fourth-order valence-corrected chi connectivity index (χ4v) is 1.82. The number of H-pyrrole nitrogens is 1. The van der Waals surface area contributed by atoms with Gasteiger partial charge < -0.3 is 4.98 Å². The van der Waals surface area contributed by atoms with Crippen molar-refractivity contribution in [1.29, 1.82) is 0 Å². The van der Waals surface area contributed by atoms with Crippen molar-refractivity contribution in [1.82, 2.24) is 9.97 Å². The van der Waals surface area contributed by atoms with Crippen LogP contribution in [-0.4, -0.2) is 23.9 Å². The molecule has 2 aromatic rings. The van der Waals surface area contributed by atoms with Crippen LogP contribution in [0.15, 0.2) is 24.5 Å². The summed E-state index contributed by atoms with van der Waals surface area (Å²) in [6.07, 6.45) is 1.26. The van der Waals surface area contributed by atoms with E-state index in [2.05, 4.69) is 9.97 Å². The molecule has 0 aliphatic heterocycles. The number of nitrogens with zero attached hydrogens (tertiary/aromatic N) is 1. The average molecular weight is 265 g/mol. The molecule has 0 radical (unpaired) electrons. The molecule has 0 bridgehead atoms. The Morgan fingerprint density at radius 2 is 2.00 bits per heavy atom. The van der Waals surface area contributed by atoms with Gasteiger partial charge in [-0.15, -0.1) is 0 Å². The Hall–Kier alpha value is -1.77. The first-order chi connectivity index (χ1) is 7.81. The number of anilines is 1. The van der Waals surface area contributed by atoms with E-state index in [0.717, 1.165) is 0 Å². The first-order valence-corrected chi connectivity index (χ1v) is 5.81. The highest BCUT2D eigenvalue weighted by Gasteiger charge is 2.46. The average Bonchev–Trinajstić information content (AvgIpc) is 2.64. The van der Waals surface area contributed by atoms with E-state index in [1.165, 1.54) is 23.2 Å². The summed E-state index contributed by atoms with van der Waals surface area (Å²) in [6, 6.07) is 4.18. The van der Waals surface area contributed by atoms with Crippen molar-refractivity contribution >= 4 is 26.7 Å². The van der Waals surface area contributed by atoms with Crippen molar-refractivity contribution in [2.75, 3.05) is 4.72 Å². The van der Waals surface area contributed by atoms with Crippen LogP contribution in [0.5, 0.6) is 0 Å². The van der Waals surface area contributed by atoms with Crippen molar-refractivity contribution in [2.24, 2.45) is 0 Å². The fourth-order valence-electron chi connectivity index (χ4n) is 1.25. The fraction of sp³-hybridized carbons (Fsp3) is 0.125. The van der Waals surface area contributed by atoms with E-state index in [0.29, 0.717) is 5.52 Å². The molecular weight excluding hydrogens is 259 g/mol. The van der Waals surface area contributed by atoms with Gasteiger partial charge in [-0.2, -0.15) is 21.6 Å². The number of rotatable bonds is 2. The standard InChI is InChI=1S/C8H6F3N3O2S/c9-8(10,11)17(15,16)14-6-3-1-2-5-7(6)13-4-12-5/h1-4,14H,(H,12,13). The summed E-state index contributed by atoms with van der Waals surface area (Å²) in [4.78, 5) is 6.39. The maximum Gasteiger partial charge on any atom is 0.516 e. The lowest BCUT2D eigenvalue weighted by molar-refractivity contribution is -0.0429. The van der Waals surface area contributed by atoms with Gasteiger partial charge in [0.05, 0.1) is 17.5 Å². The summed E-state index contributed by atoms with van der Waals surface area (Å²) in [5.74, 6) is 0. The molecule has 1 aromatic carbocycles. The summed E-state index contributed by atoms with van der Waals surface area (Å²) >= 11 is 0. The van der Waals surface area contributed by atoms with Crippen LogP contribution >= 0.6 is 0 Å². The summed E-state index contributed by atoms with van der Waals surface area (Å²) < 4.78 is 59.8. The van der Waals surface area contributed by atoms with Crippen LogP contribution in [0.25, 0.3) is 11.0 Å². The number of sulfonamides is 1. The first-order valence-electron chi connectivity index (χ1n) is 4.32. The van der Waals surface area contributed by atoms with Gasteiger partial charge in [-0.1, -0.05) is 6.07 Å². The molecule has 0 saturated heterocycles. The van der Waals surface area contributed by atoms with Crippen LogP contribution in [0.4, 0.5) is 18.9 Å². The number of aromatic amines is 1. The van der Waals surface area contributed by atoms with Gasteiger partial charge in [0.1, 0.15) is 5.52 Å². The quantitative estimate of drug-likeness (QED) is 0.869. The van der Waals surface area contributed by atoms with Crippen LogP contribution in [0.2, 0.25) is 0 Å². The van der Waals surface area contributed by atoms with E-state index < -0.39 is 15.5 Å². The number of benzene rings is 1. The Labute approximate surface area is 93.7 Å². The molecule has 5 nitrogen and oxygen atoms in total. The number of hydrogen-bond acceptors (Lipinski definition) is 3. The van der Waals surface area contributed by atoms with Gasteiger partial charge in [0.15, 0.2) is 0 Å². The molecule has 0 aliphatic carbocycles. The molecule has 0 saturated carbocycles. The number of para-hydroxylation sites is 1. The second kappa shape index (κ2) is 3.62. The number of imidazole rings is 1. The third kappa shape index (κ3) is 2.05. The highest BCUT2D eigenvalue weighted by molar-refractivity contribution is 7.93. The second-order valence-electron chi connectivity index (χ2n) is 3.16. The minimum atomic E-state index is -5.42. The van der Waals surface area contributed by atoms with Gasteiger partial charge in [-0.3, -0.25) is 4.72 Å². The monoisotopic (exact) mass is 265 g/mol. The van der Waals surface area contributed by atoms with E-state index in [9.17, 15) is 21.6 Å². The van der Waals surface area contributed by atoms with Crippen LogP contribution in [0, 0.1) is 0 Å². The highest BCUT2D eigenvalue weighted by atomic mass is 32.2. The minimum absolute atomic E-state index is 0.125. The number of alkyl halides is 3. The summed E-state index contributed by atoms with van der Waals surface area (Å²) in [5.41, 5.74) is -5.01. The predicted molar refractivity (Wildman–Crippen MR) is 54.7 cm³/mol. The van der Waals surface area contributed by atoms with Crippen molar-refractivity contribution < 1.29 is 21.6 Å². The van der Waals surface area contributed by atoms with Crippen LogP contribution in [0.1, 0.15) is 0 Å². The van der Waals surface area contributed by atoms with Gasteiger partial charge in [-0.25, -0.2) is 4.98 Å². The molecule has 0 aliphatic rings. The highest BCUT2D eigenvalue weighted by Crippen LogP contribution is 2.28. The lowest BCUT2D eigenvalue weighted by atomic mass is 10.3. The van der Waals surface area contributed by atoms with Gasteiger partial charge in [0.25, 0.3) is 0 Å². The molecule has 92 valence electrons. The zero-order valence-electron chi connectivity index (χ0n) is 8.12. The molecule has 0 fully saturated rings. The first kappa shape index (κ1) is 11.7. The van der Waals surface area contributed by atoms with E-state index >= 15 is 0 Å². The molecule has 17 heavy (non-hydrogen) atoms. The van der Waals surface area contributed by atoms with E-state index in [1.54, 1.807) is 6.07 Å². The van der Waals surface area contributed by atoms with Gasteiger partial charge in [0, 0.05) is 0 Å². The van der Waals surface area contributed by atoms with Crippen LogP contribution in [0.3, 0.4) is 0 Å². The summed E-state index contributed by atoms with van der Waals surface area (Å²) in [5, 5.41) is 0. The van der Waals surface area contributed by atoms with E-state index in [4.69, 9.17) is 0 Å². The molecule has 0 unspecified atom stereocenters. The molecular formula is C8H6F3N3O2S. The Kier molecular flexibility index (Phi) is 2.49. The normalized spacial score (nSPS) is 12.9. The van der Waals surface area contributed by atoms with Crippen molar-refractivity contribution in [3.05, 3.63) is 24.5 Å². The molecule has 2 rings (SSSR count). The second-order valence-corrected chi connectivity index (χ2v) is 4.83. The number of halogens is 3. The van der Waals surface area contributed by atoms with Crippen molar-refractivity contribution in [3.8, 4) is 0 Å². The molecule has 0 amide bonds. The van der Waals surface area contributed by atoms with Crippen LogP contribution in [-0.2, 0) is 10.0 Å². The van der Waals surface area contributed by atoms with Crippen molar-refractivity contribution in [3.63, 3.8) is 0 Å². The molecule has 1 heterocycles. The molecule has 9 heteroatoms. The summed E-state index contributed by atoms with van der Waals surface area (Å²) in [7, 11) is -5.42. The molecule has 0 atom stereocenters. The number of fused-ring (bicyclic) bond motifs is 1. The Bertz CT molecular complexity index is 647. The number of nitrogens with one attached hydrogen (secondary N) is 2. The molecule has 0 spiro atoms. The minimum Gasteiger partial charge on any atom is -0.345 e. The third-order valence-corrected chi connectivity index (χ3v) is 3.10. The Morgan fingerprint density at radius 1 is 1.29 bits per heavy atom. The van der Waals surface area contributed by atoms with Gasteiger partial charge in [0.2, 0.25) is 0 Å². The van der Waals surface area contributed by atoms with E-state index in [-0.39, 0.29) is 11.2 Å². The molecule has 1 aromatic heterocycles. The maximum atomic E-state index is 12.2. The number of aromatic nitrogens is 2. The largest absolute Gasteiger partial charge is 0.516 e. The lowest BCUT2D eigenvalue weighted by Gasteiger charge is -2.10. The zero-order chi connectivity index (χ0) is 12.7. The predicted octanol–water partition coefficient (Wildman–Crippen LogP) is 1.82. The smallest absolute Gasteiger partial charge is 0.345 e. The topological polar surface area (TPSA) is 74.8 Å². The third-order valence-electron chi connectivity index (χ3n) is 2.00.